The van der Waals surface area contributed by atoms with Crippen molar-refractivity contribution >= 4 is 17.4 Å². The largest absolute Gasteiger partial charge is 0.504 e. The number of aryl methyl sites for hydroxylation is 1. The van der Waals surface area contributed by atoms with Gasteiger partial charge in [-0.25, -0.2) is 0 Å². The molecule has 7 nitrogen and oxygen atoms in total. The van der Waals surface area contributed by atoms with Crippen LogP contribution in [0.15, 0.2) is 54.1 Å². The van der Waals surface area contributed by atoms with Gasteiger partial charge in [0.2, 0.25) is 0 Å². The minimum atomic E-state index is -0.677. The van der Waals surface area contributed by atoms with Crippen LogP contribution in [0.3, 0.4) is 0 Å². The Morgan fingerprint density at radius 2 is 2.03 bits per heavy atom. The summed E-state index contributed by atoms with van der Waals surface area (Å²) in [6, 6.07) is 16.5. The van der Waals surface area contributed by atoms with Crippen LogP contribution in [0, 0.1) is 11.3 Å². The van der Waals surface area contributed by atoms with E-state index in [0.29, 0.717) is 12.3 Å². The molecule has 1 aromatic heterocycles. The quantitative estimate of drug-likeness (QED) is 0.398. The molecule has 7 heteroatoms. The molecule has 1 aliphatic carbocycles. The second-order valence-electron chi connectivity index (χ2n) is 7.30. The minimum Gasteiger partial charge on any atom is -0.504 e. The minimum absolute atomic E-state index is 0.00271. The van der Waals surface area contributed by atoms with Crippen LogP contribution < -0.4 is 10.1 Å². The molecular formula is C23H18N4O3. The summed E-state index contributed by atoms with van der Waals surface area (Å²) in [7, 11) is 1.79. The van der Waals surface area contributed by atoms with E-state index < -0.39 is 11.7 Å². The summed E-state index contributed by atoms with van der Waals surface area (Å²) in [5.74, 6) is -0.257. The van der Waals surface area contributed by atoms with Gasteiger partial charge in [0.15, 0.2) is 11.3 Å². The maximum atomic E-state index is 12.7. The first kappa shape index (κ1) is 18.0. The monoisotopic (exact) mass is 398 g/mol. The summed E-state index contributed by atoms with van der Waals surface area (Å²) in [5.41, 5.74) is 4.23. The number of rotatable bonds is 3. The van der Waals surface area contributed by atoms with E-state index in [-0.39, 0.29) is 17.2 Å². The highest BCUT2D eigenvalue weighted by Gasteiger charge is 2.40. The van der Waals surface area contributed by atoms with Gasteiger partial charge in [-0.1, -0.05) is 30.3 Å². The fourth-order valence-electron chi connectivity index (χ4n) is 4.37. The molecular weight excluding hydrogens is 380 g/mol. The number of anilines is 1. The van der Waals surface area contributed by atoms with Crippen molar-refractivity contribution in [3.05, 3.63) is 70.9 Å². The van der Waals surface area contributed by atoms with Crippen LogP contribution in [-0.2, 0) is 11.8 Å². The number of para-hydroxylation sites is 1. The lowest BCUT2D eigenvalue weighted by Gasteiger charge is -2.23. The molecule has 1 amide bonds. The molecule has 0 fully saturated rings. The van der Waals surface area contributed by atoms with Crippen molar-refractivity contribution < 1.29 is 14.6 Å². The highest BCUT2D eigenvalue weighted by molar-refractivity contribution is 6.11. The second-order valence-corrected chi connectivity index (χ2v) is 7.30. The fourth-order valence-corrected chi connectivity index (χ4v) is 4.37. The highest BCUT2D eigenvalue weighted by atomic mass is 16.5. The van der Waals surface area contributed by atoms with Crippen molar-refractivity contribution in [2.45, 2.75) is 12.3 Å². The summed E-state index contributed by atoms with van der Waals surface area (Å²) in [6.07, 6.45) is 0.737. The summed E-state index contributed by atoms with van der Waals surface area (Å²) in [4.78, 5) is 12.7. The molecule has 30 heavy (non-hydrogen) atoms. The first-order chi connectivity index (χ1) is 14.6. The van der Waals surface area contributed by atoms with E-state index in [4.69, 9.17) is 4.74 Å². The predicted molar refractivity (Wildman–Crippen MR) is 111 cm³/mol. The van der Waals surface area contributed by atoms with Gasteiger partial charge in [0, 0.05) is 35.3 Å². The normalized spacial score (nSPS) is 16.6. The topological polar surface area (TPSA) is 100 Å². The third-order valence-electron chi connectivity index (χ3n) is 5.60. The van der Waals surface area contributed by atoms with Crippen molar-refractivity contribution in [3.8, 4) is 23.1 Å². The number of hydrogen-bond acceptors (Lipinski definition) is 5. The Hall–Kier alpha value is -4.05. The number of nitriles is 1. The number of benzene rings is 2. The molecule has 0 radical (unpaired) electrons. The zero-order chi connectivity index (χ0) is 20.8. The van der Waals surface area contributed by atoms with E-state index in [9.17, 15) is 15.2 Å². The lowest BCUT2D eigenvalue weighted by Crippen LogP contribution is -2.17. The van der Waals surface area contributed by atoms with E-state index in [2.05, 4.69) is 10.4 Å². The number of carbonyl (C=O) groups excluding carboxylic acids is 1. The number of aliphatic hydroxyl groups is 1. The van der Waals surface area contributed by atoms with Crippen molar-refractivity contribution in [3.63, 3.8) is 0 Å². The zero-order valence-electron chi connectivity index (χ0n) is 16.2. The van der Waals surface area contributed by atoms with E-state index in [1.54, 1.807) is 36.0 Å². The highest BCUT2D eigenvalue weighted by Crippen LogP contribution is 2.53. The van der Waals surface area contributed by atoms with Crippen LogP contribution in [0.5, 0.6) is 5.75 Å². The molecule has 2 N–H and O–H groups in total. The molecule has 5 rings (SSSR count). The number of fused-ring (bicyclic) bond motifs is 3. The summed E-state index contributed by atoms with van der Waals surface area (Å²) < 4.78 is 7.50. The van der Waals surface area contributed by atoms with Crippen molar-refractivity contribution in [2.24, 2.45) is 7.05 Å². The molecule has 2 aromatic carbocycles. The Balaban J connectivity index is 1.62. The average molecular weight is 398 g/mol. The SMILES string of the molecule is Cn1nc(/C(O)=C(\C#N)C(=O)Nc2ccccc2)c2c1-c1cccc3c1C2CCO3. The van der Waals surface area contributed by atoms with Crippen molar-refractivity contribution in [1.29, 1.82) is 5.26 Å². The molecule has 0 saturated carbocycles. The van der Waals surface area contributed by atoms with Gasteiger partial charge < -0.3 is 15.2 Å². The maximum absolute atomic E-state index is 12.7. The third kappa shape index (κ3) is 2.58. The van der Waals surface area contributed by atoms with Gasteiger partial charge in [0.1, 0.15) is 17.5 Å². The number of nitrogens with one attached hydrogen (secondary N) is 1. The van der Waals surface area contributed by atoms with Crippen LogP contribution >= 0.6 is 0 Å². The predicted octanol–water partition coefficient (Wildman–Crippen LogP) is 3.75. The van der Waals surface area contributed by atoms with Gasteiger partial charge in [0.05, 0.1) is 12.3 Å². The number of ether oxygens (including phenoxy) is 1. The molecule has 2 aliphatic rings. The smallest absolute Gasteiger partial charge is 0.270 e. The van der Waals surface area contributed by atoms with Crippen molar-refractivity contribution in [1.82, 2.24) is 9.78 Å². The van der Waals surface area contributed by atoms with Gasteiger partial charge in [-0.05, 0) is 24.6 Å². The molecule has 2 heterocycles. The lowest BCUT2D eigenvalue weighted by atomic mass is 9.90. The summed E-state index contributed by atoms with van der Waals surface area (Å²) >= 11 is 0. The molecule has 1 atom stereocenters. The number of carbonyl (C=O) groups is 1. The van der Waals surface area contributed by atoms with Gasteiger partial charge in [-0.3, -0.25) is 9.48 Å². The first-order valence-electron chi connectivity index (χ1n) is 9.63. The first-order valence-corrected chi connectivity index (χ1v) is 9.63. The van der Waals surface area contributed by atoms with Crippen LogP contribution in [-0.4, -0.2) is 27.4 Å². The Kier molecular flexibility index (Phi) is 4.07. The number of nitrogens with zero attached hydrogens (tertiary/aromatic N) is 3. The Morgan fingerprint density at radius 1 is 1.23 bits per heavy atom. The molecule has 0 spiro atoms. The number of hydrogen-bond donors (Lipinski definition) is 2. The van der Waals surface area contributed by atoms with E-state index in [1.807, 2.05) is 30.3 Å². The average Bonchev–Trinajstić information content (AvgIpc) is 3.27. The Labute approximate surface area is 172 Å². The Bertz CT molecular complexity index is 1250. The molecule has 0 bridgehead atoms. The third-order valence-corrected chi connectivity index (χ3v) is 5.60. The summed E-state index contributed by atoms with van der Waals surface area (Å²) in [6.45, 7) is 0.555. The summed E-state index contributed by atoms with van der Waals surface area (Å²) in [5, 5.41) is 27.7. The Morgan fingerprint density at radius 3 is 2.80 bits per heavy atom. The van der Waals surface area contributed by atoms with E-state index >= 15 is 0 Å². The van der Waals surface area contributed by atoms with Gasteiger partial charge in [0.25, 0.3) is 5.91 Å². The van der Waals surface area contributed by atoms with E-state index in [0.717, 1.165) is 34.6 Å². The lowest BCUT2D eigenvalue weighted by molar-refractivity contribution is -0.112. The number of amides is 1. The van der Waals surface area contributed by atoms with Gasteiger partial charge >= 0.3 is 0 Å². The zero-order valence-corrected chi connectivity index (χ0v) is 16.2. The fraction of sp³-hybridized carbons (Fsp3) is 0.174. The van der Waals surface area contributed by atoms with Crippen LogP contribution in [0.1, 0.15) is 29.2 Å². The maximum Gasteiger partial charge on any atom is 0.270 e. The molecule has 3 aromatic rings. The molecule has 148 valence electrons. The number of aromatic nitrogens is 2. The standard InChI is InChI=1S/C23H18N4O3/c1-27-21-15-8-5-9-17-18(15)14(10-11-30-17)19(21)20(26-27)22(28)16(12-24)23(29)25-13-6-3-2-4-7-13/h2-9,14,28H,10-11H2,1H3,(H,25,29)/b22-16-. The second kappa shape index (κ2) is 6.78. The number of aliphatic hydroxyl groups excluding tert-OH is 1. The molecule has 1 unspecified atom stereocenters. The van der Waals surface area contributed by atoms with Crippen LogP contribution in [0.2, 0.25) is 0 Å². The van der Waals surface area contributed by atoms with Crippen LogP contribution in [0.4, 0.5) is 5.69 Å². The van der Waals surface area contributed by atoms with Crippen LogP contribution in [0.25, 0.3) is 17.0 Å². The van der Waals surface area contributed by atoms with Gasteiger partial charge in [-0.15, -0.1) is 0 Å². The molecule has 1 aliphatic heterocycles. The van der Waals surface area contributed by atoms with E-state index in [1.165, 1.54) is 0 Å². The van der Waals surface area contributed by atoms with Crippen molar-refractivity contribution in [2.75, 3.05) is 11.9 Å². The molecule has 0 saturated heterocycles. The van der Waals surface area contributed by atoms with Gasteiger partial charge in [-0.2, -0.15) is 10.4 Å².